The first-order chi connectivity index (χ1) is 8.28. The van der Waals surface area contributed by atoms with Crippen molar-refractivity contribution in [2.45, 2.75) is 44.9 Å². The first kappa shape index (κ1) is 12.6. The number of nitrogens with zero attached hydrogens (tertiary/aromatic N) is 2. The third-order valence-corrected chi connectivity index (χ3v) is 3.59. The highest BCUT2D eigenvalue weighted by molar-refractivity contribution is 5.08. The van der Waals surface area contributed by atoms with Crippen LogP contribution in [0, 0.1) is 5.92 Å². The lowest BCUT2D eigenvalue weighted by Crippen LogP contribution is -2.41. The van der Waals surface area contributed by atoms with Gasteiger partial charge < -0.3 is 10.1 Å². The average Bonchev–Trinajstić information content (AvgIpc) is 3.08. The van der Waals surface area contributed by atoms with Gasteiger partial charge in [-0.2, -0.15) is 5.10 Å². The number of methoxy groups -OCH3 is 1. The van der Waals surface area contributed by atoms with Crippen molar-refractivity contribution in [2.24, 2.45) is 5.92 Å². The molecule has 4 nitrogen and oxygen atoms in total. The summed E-state index contributed by atoms with van der Waals surface area (Å²) in [5.41, 5.74) is 1.29. The quantitative estimate of drug-likeness (QED) is 0.780. The van der Waals surface area contributed by atoms with Crippen molar-refractivity contribution in [3.05, 3.63) is 18.0 Å². The van der Waals surface area contributed by atoms with E-state index in [0.29, 0.717) is 12.1 Å². The van der Waals surface area contributed by atoms with E-state index in [4.69, 9.17) is 4.74 Å². The van der Waals surface area contributed by atoms with Crippen LogP contribution in [-0.4, -0.2) is 36.1 Å². The van der Waals surface area contributed by atoms with E-state index >= 15 is 0 Å². The summed E-state index contributed by atoms with van der Waals surface area (Å²) in [7, 11) is 3.84. The summed E-state index contributed by atoms with van der Waals surface area (Å²) in [6, 6.07) is 0.391. The van der Waals surface area contributed by atoms with Gasteiger partial charge in [-0.3, -0.25) is 4.68 Å². The van der Waals surface area contributed by atoms with E-state index in [2.05, 4.69) is 23.5 Å². The number of hydrogen-bond donors (Lipinski definition) is 1. The summed E-state index contributed by atoms with van der Waals surface area (Å²) in [6.45, 7) is 3.04. The van der Waals surface area contributed by atoms with Gasteiger partial charge in [0.25, 0.3) is 0 Å². The number of ether oxygens (including phenoxy) is 1. The van der Waals surface area contributed by atoms with Gasteiger partial charge in [0.2, 0.25) is 0 Å². The van der Waals surface area contributed by atoms with E-state index in [9.17, 15) is 0 Å². The molecular formula is C13H23N3O. The van der Waals surface area contributed by atoms with Crippen LogP contribution in [0.25, 0.3) is 0 Å². The molecule has 1 heterocycles. The zero-order valence-corrected chi connectivity index (χ0v) is 11.0. The SMILES string of the molecule is CCn1cc(CC(NC)C(OC)C2CC2)cn1. The van der Waals surface area contributed by atoms with Crippen LogP contribution in [0.1, 0.15) is 25.3 Å². The van der Waals surface area contributed by atoms with Crippen LogP contribution < -0.4 is 5.32 Å². The number of nitrogens with one attached hydrogen (secondary N) is 1. The highest BCUT2D eigenvalue weighted by atomic mass is 16.5. The third kappa shape index (κ3) is 3.07. The minimum absolute atomic E-state index is 0.338. The summed E-state index contributed by atoms with van der Waals surface area (Å²) in [4.78, 5) is 0. The van der Waals surface area contributed by atoms with Crippen LogP contribution in [0.5, 0.6) is 0 Å². The lowest BCUT2D eigenvalue weighted by Gasteiger charge is -2.25. The first-order valence-electron chi connectivity index (χ1n) is 6.49. The molecule has 1 aromatic heterocycles. The second-order valence-electron chi connectivity index (χ2n) is 4.84. The number of aromatic nitrogens is 2. The molecule has 0 aliphatic heterocycles. The van der Waals surface area contributed by atoms with Crippen LogP contribution in [0.4, 0.5) is 0 Å². The summed E-state index contributed by atoms with van der Waals surface area (Å²) in [5.74, 6) is 0.749. The van der Waals surface area contributed by atoms with Crippen molar-refractivity contribution in [3.8, 4) is 0 Å². The third-order valence-electron chi connectivity index (χ3n) is 3.59. The van der Waals surface area contributed by atoms with Crippen molar-refractivity contribution in [1.29, 1.82) is 0 Å². The molecular weight excluding hydrogens is 214 g/mol. The van der Waals surface area contributed by atoms with Gasteiger partial charge in [0.1, 0.15) is 0 Å². The predicted molar refractivity (Wildman–Crippen MR) is 68.0 cm³/mol. The Labute approximate surface area is 103 Å². The molecule has 0 saturated heterocycles. The van der Waals surface area contributed by atoms with Crippen molar-refractivity contribution >= 4 is 0 Å². The van der Waals surface area contributed by atoms with Gasteiger partial charge in [-0.05, 0) is 44.7 Å². The highest BCUT2D eigenvalue weighted by Gasteiger charge is 2.36. The Kier molecular flexibility index (Phi) is 4.18. The second kappa shape index (κ2) is 5.65. The number of aryl methyl sites for hydroxylation is 1. The molecule has 0 spiro atoms. The van der Waals surface area contributed by atoms with Crippen LogP contribution in [0.3, 0.4) is 0 Å². The van der Waals surface area contributed by atoms with E-state index in [-0.39, 0.29) is 0 Å². The zero-order chi connectivity index (χ0) is 12.3. The molecule has 2 atom stereocenters. The van der Waals surface area contributed by atoms with E-state index in [1.54, 1.807) is 0 Å². The molecule has 4 heteroatoms. The molecule has 0 amide bonds. The van der Waals surface area contributed by atoms with Gasteiger partial charge in [-0.25, -0.2) is 0 Å². The van der Waals surface area contributed by atoms with E-state index < -0.39 is 0 Å². The Balaban J connectivity index is 1.97. The monoisotopic (exact) mass is 237 g/mol. The van der Waals surface area contributed by atoms with Gasteiger partial charge in [-0.15, -0.1) is 0 Å². The van der Waals surface area contributed by atoms with Gasteiger partial charge in [0.05, 0.1) is 12.3 Å². The standard InChI is InChI=1S/C13H23N3O/c1-4-16-9-10(8-15-16)7-12(14-2)13(17-3)11-5-6-11/h8-9,11-14H,4-7H2,1-3H3. The largest absolute Gasteiger partial charge is 0.380 e. The van der Waals surface area contributed by atoms with Gasteiger partial charge >= 0.3 is 0 Å². The van der Waals surface area contributed by atoms with Crippen LogP contribution >= 0.6 is 0 Å². The van der Waals surface area contributed by atoms with Crippen molar-refractivity contribution in [3.63, 3.8) is 0 Å². The van der Waals surface area contributed by atoms with E-state index in [0.717, 1.165) is 18.9 Å². The fraction of sp³-hybridized carbons (Fsp3) is 0.769. The molecule has 0 bridgehead atoms. The van der Waals surface area contributed by atoms with Crippen LogP contribution in [-0.2, 0) is 17.7 Å². The lowest BCUT2D eigenvalue weighted by molar-refractivity contribution is 0.0534. The molecule has 2 rings (SSSR count). The topological polar surface area (TPSA) is 39.1 Å². The molecule has 1 fully saturated rings. The number of rotatable bonds is 7. The average molecular weight is 237 g/mol. The smallest absolute Gasteiger partial charge is 0.0755 e. The highest BCUT2D eigenvalue weighted by Crippen LogP contribution is 2.36. The molecule has 17 heavy (non-hydrogen) atoms. The minimum atomic E-state index is 0.338. The fourth-order valence-corrected chi connectivity index (χ4v) is 2.43. The van der Waals surface area contributed by atoms with Gasteiger partial charge in [0.15, 0.2) is 0 Å². The Morgan fingerprint density at radius 2 is 2.35 bits per heavy atom. The second-order valence-corrected chi connectivity index (χ2v) is 4.84. The maximum absolute atomic E-state index is 5.64. The van der Waals surface area contributed by atoms with E-state index in [1.807, 2.05) is 25.0 Å². The molecule has 0 aromatic carbocycles. The normalized spacial score (nSPS) is 19.2. The Hall–Kier alpha value is -0.870. The van der Waals surface area contributed by atoms with Crippen molar-refractivity contribution in [2.75, 3.05) is 14.2 Å². The minimum Gasteiger partial charge on any atom is -0.380 e. The molecule has 1 aliphatic carbocycles. The Morgan fingerprint density at radius 3 is 2.82 bits per heavy atom. The molecule has 1 aromatic rings. The van der Waals surface area contributed by atoms with Crippen molar-refractivity contribution in [1.82, 2.24) is 15.1 Å². The Morgan fingerprint density at radius 1 is 1.59 bits per heavy atom. The van der Waals surface area contributed by atoms with Gasteiger partial charge in [-0.1, -0.05) is 0 Å². The van der Waals surface area contributed by atoms with Crippen LogP contribution in [0.2, 0.25) is 0 Å². The maximum atomic E-state index is 5.64. The summed E-state index contributed by atoms with van der Waals surface area (Å²) in [5, 5.41) is 7.70. The molecule has 1 N–H and O–H groups in total. The molecule has 0 radical (unpaired) electrons. The van der Waals surface area contributed by atoms with Crippen molar-refractivity contribution < 1.29 is 4.74 Å². The summed E-state index contributed by atoms with van der Waals surface area (Å²) >= 11 is 0. The fourth-order valence-electron chi connectivity index (χ4n) is 2.43. The Bertz CT molecular complexity index is 346. The summed E-state index contributed by atoms with van der Waals surface area (Å²) < 4.78 is 7.62. The lowest BCUT2D eigenvalue weighted by atomic mass is 10.0. The number of hydrogen-bond acceptors (Lipinski definition) is 3. The van der Waals surface area contributed by atoms with Crippen LogP contribution in [0.15, 0.2) is 12.4 Å². The maximum Gasteiger partial charge on any atom is 0.0755 e. The molecule has 2 unspecified atom stereocenters. The molecule has 1 saturated carbocycles. The predicted octanol–water partition coefficient (Wildman–Crippen LogP) is 1.46. The zero-order valence-electron chi connectivity index (χ0n) is 11.0. The first-order valence-corrected chi connectivity index (χ1v) is 6.49. The van der Waals surface area contributed by atoms with E-state index in [1.165, 1.54) is 18.4 Å². The summed E-state index contributed by atoms with van der Waals surface area (Å²) in [6.07, 6.45) is 8.05. The van der Waals surface area contributed by atoms with Gasteiger partial charge in [0, 0.05) is 25.9 Å². The molecule has 1 aliphatic rings. The number of likely N-dealkylation sites (N-methyl/N-ethyl adjacent to an activating group) is 1. The molecule has 96 valence electrons.